The molecule has 2 aliphatic heterocycles. The van der Waals surface area contributed by atoms with Crippen molar-refractivity contribution in [3.8, 4) is 0 Å². The predicted octanol–water partition coefficient (Wildman–Crippen LogP) is 5.07. The van der Waals surface area contributed by atoms with Gasteiger partial charge in [-0.2, -0.15) is 0 Å². The van der Waals surface area contributed by atoms with Crippen LogP contribution in [0.2, 0.25) is 10.0 Å². The Bertz CT molecular complexity index is 930. The third-order valence-corrected chi connectivity index (χ3v) is 6.48. The molecule has 0 aliphatic carbocycles. The molecular weight excluding hydrogens is 415 g/mol. The van der Waals surface area contributed by atoms with Crippen molar-refractivity contribution in [3.05, 3.63) is 64.1 Å². The second kappa shape index (κ2) is 7.76. The van der Waals surface area contributed by atoms with Gasteiger partial charge in [-0.1, -0.05) is 53.5 Å². The zero-order valence-corrected chi connectivity index (χ0v) is 17.1. The van der Waals surface area contributed by atoms with Crippen molar-refractivity contribution in [2.24, 2.45) is 0 Å². The summed E-state index contributed by atoms with van der Waals surface area (Å²) in [6.45, 7) is 0.645. The number of benzene rings is 2. The van der Waals surface area contributed by atoms with Gasteiger partial charge in [0, 0.05) is 31.6 Å². The second-order valence-corrected chi connectivity index (χ2v) is 8.19. The Hall–Kier alpha value is -2.44. The number of ether oxygens (including phenoxy) is 1. The summed E-state index contributed by atoms with van der Waals surface area (Å²) in [6, 6.07) is 14.7. The molecule has 1 atom stereocenters. The standard InChI is InChI=1S/C21H20Cl2N2O4/c22-16-7-6-15(13-17(16)23)25-18(12-14-4-2-1-3-5-14)21(29-20(25)28)8-10-24(11-9-21)19(26)27/h1-7,13,18H,8-12H2,(H,26,27). The maximum absolute atomic E-state index is 13.0. The van der Waals surface area contributed by atoms with E-state index in [2.05, 4.69) is 0 Å². The molecule has 1 N–H and O–H groups in total. The van der Waals surface area contributed by atoms with Crippen molar-refractivity contribution in [1.29, 1.82) is 0 Å². The fourth-order valence-electron chi connectivity index (χ4n) is 4.20. The molecule has 2 aromatic carbocycles. The predicted molar refractivity (Wildman–Crippen MR) is 111 cm³/mol. The first-order chi connectivity index (χ1) is 13.9. The minimum Gasteiger partial charge on any atom is -0.465 e. The Labute approximate surface area is 178 Å². The fourth-order valence-corrected chi connectivity index (χ4v) is 4.49. The van der Waals surface area contributed by atoms with E-state index in [1.165, 1.54) is 4.90 Å². The van der Waals surface area contributed by atoms with Gasteiger partial charge in [-0.15, -0.1) is 0 Å². The van der Waals surface area contributed by atoms with Gasteiger partial charge in [0.1, 0.15) is 5.60 Å². The average molecular weight is 435 g/mol. The van der Waals surface area contributed by atoms with Gasteiger partial charge in [-0.3, -0.25) is 4.90 Å². The first-order valence-electron chi connectivity index (χ1n) is 9.39. The van der Waals surface area contributed by atoms with E-state index < -0.39 is 17.8 Å². The number of carbonyl (C=O) groups excluding carboxylic acids is 1. The van der Waals surface area contributed by atoms with E-state index in [1.807, 2.05) is 30.3 Å². The van der Waals surface area contributed by atoms with Crippen LogP contribution in [-0.2, 0) is 11.2 Å². The molecule has 2 amide bonds. The molecule has 0 aromatic heterocycles. The van der Waals surface area contributed by atoms with Gasteiger partial charge in [-0.05, 0) is 30.2 Å². The maximum Gasteiger partial charge on any atom is 0.415 e. The molecule has 1 unspecified atom stereocenters. The van der Waals surface area contributed by atoms with E-state index in [0.717, 1.165) is 5.56 Å². The van der Waals surface area contributed by atoms with Crippen LogP contribution in [0.15, 0.2) is 48.5 Å². The highest BCUT2D eigenvalue weighted by Gasteiger charge is 2.55. The first-order valence-corrected chi connectivity index (χ1v) is 10.1. The molecule has 6 nitrogen and oxygen atoms in total. The topological polar surface area (TPSA) is 70.1 Å². The van der Waals surface area contributed by atoms with Crippen LogP contribution in [0.1, 0.15) is 18.4 Å². The molecular formula is C21H20Cl2N2O4. The zero-order chi connectivity index (χ0) is 20.6. The summed E-state index contributed by atoms with van der Waals surface area (Å²) in [4.78, 5) is 27.3. The number of carbonyl (C=O) groups is 2. The van der Waals surface area contributed by atoms with Crippen LogP contribution in [-0.4, -0.2) is 46.9 Å². The molecule has 0 radical (unpaired) electrons. The van der Waals surface area contributed by atoms with Crippen molar-refractivity contribution < 1.29 is 19.4 Å². The summed E-state index contributed by atoms with van der Waals surface area (Å²) in [5.74, 6) is 0. The number of carboxylic acid groups (broad SMARTS) is 1. The SMILES string of the molecule is O=C(O)N1CCC2(CC1)OC(=O)N(c1ccc(Cl)c(Cl)c1)C2Cc1ccccc1. The number of likely N-dealkylation sites (tertiary alicyclic amines) is 1. The smallest absolute Gasteiger partial charge is 0.415 e. The van der Waals surface area contributed by atoms with Crippen LogP contribution >= 0.6 is 23.2 Å². The lowest BCUT2D eigenvalue weighted by atomic mass is 9.81. The summed E-state index contributed by atoms with van der Waals surface area (Å²) in [5.41, 5.74) is 0.925. The zero-order valence-electron chi connectivity index (χ0n) is 15.6. The summed E-state index contributed by atoms with van der Waals surface area (Å²) < 4.78 is 5.93. The van der Waals surface area contributed by atoms with Crippen LogP contribution in [0.25, 0.3) is 0 Å². The molecule has 8 heteroatoms. The van der Waals surface area contributed by atoms with Crippen molar-refractivity contribution in [2.75, 3.05) is 18.0 Å². The lowest BCUT2D eigenvalue weighted by Gasteiger charge is -2.40. The van der Waals surface area contributed by atoms with Gasteiger partial charge in [0.2, 0.25) is 0 Å². The highest BCUT2D eigenvalue weighted by Crippen LogP contribution is 2.43. The normalized spacial score (nSPS) is 20.8. The first kappa shape index (κ1) is 19.9. The lowest BCUT2D eigenvalue weighted by Crippen LogP contribution is -2.54. The monoisotopic (exact) mass is 434 g/mol. The number of halogens is 2. The second-order valence-electron chi connectivity index (χ2n) is 7.38. The van der Waals surface area contributed by atoms with Crippen molar-refractivity contribution in [2.45, 2.75) is 30.9 Å². The number of piperidine rings is 1. The summed E-state index contributed by atoms with van der Waals surface area (Å²) in [6.07, 6.45) is 0.0684. The molecule has 2 aromatic rings. The third-order valence-electron chi connectivity index (χ3n) is 5.74. The van der Waals surface area contributed by atoms with Crippen LogP contribution in [0.3, 0.4) is 0 Å². The van der Waals surface area contributed by atoms with E-state index in [9.17, 15) is 14.7 Å². The number of hydrogen-bond acceptors (Lipinski definition) is 3. The van der Waals surface area contributed by atoms with Crippen LogP contribution in [0, 0.1) is 0 Å². The summed E-state index contributed by atoms with van der Waals surface area (Å²) in [5, 5.41) is 10.1. The van der Waals surface area contributed by atoms with Crippen LogP contribution in [0.4, 0.5) is 15.3 Å². The van der Waals surface area contributed by atoms with E-state index in [4.69, 9.17) is 27.9 Å². The van der Waals surface area contributed by atoms with Crippen molar-refractivity contribution >= 4 is 41.1 Å². The van der Waals surface area contributed by atoms with Crippen LogP contribution in [0.5, 0.6) is 0 Å². The third kappa shape index (κ3) is 3.74. The molecule has 4 rings (SSSR count). The van der Waals surface area contributed by atoms with Crippen molar-refractivity contribution in [3.63, 3.8) is 0 Å². The van der Waals surface area contributed by atoms with Crippen molar-refractivity contribution in [1.82, 2.24) is 4.90 Å². The Morgan fingerprint density at radius 2 is 1.79 bits per heavy atom. The average Bonchev–Trinajstić information content (AvgIpc) is 2.96. The summed E-state index contributed by atoms with van der Waals surface area (Å²) in [7, 11) is 0. The highest BCUT2D eigenvalue weighted by atomic mass is 35.5. The number of rotatable bonds is 3. The van der Waals surface area contributed by atoms with Gasteiger partial charge in [0.15, 0.2) is 0 Å². The molecule has 2 fully saturated rings. The van der Waals surface area contributed by atoms with Gasteiger partial charge < -0.3 is 14.7 Å². The molecule has 0 bridgehead atoms. The largest absolute Gasteiger partial charge is 0.465 e. The van der Waals surface area contributed by atoms with Gasteiger partial charge in [-0.25, -0.2) is 9.59 Å². The quantitative estimate of drug-likeness (QED) is 0.731. The molecule has 2 heterocycles. The number of amides is 2. The van der Waals surface area contributed by atoms with Gasteiger partial charge in [0.25, 0.3) is 0 Å². The minimum atomic E-state index is -0.954. The molecule has 2 aliphatic rings. The van der Waals surface area contributed by atoms with Crippen LogP contribution < -0.4 is 4.90 Å². The number of nitrogens with zero attached hydrogens (tertiary/aromatic N) is 2. The molecule has 152 valence electrons. The van der Waals surface area contributed by atoms with E-state index in [0.29, 0.717) is 48.1 Å². The van der Waals surface area contributed by atoms with E-state index >= 15 is 0 Å². The Balaban J connectivity index is 1.71. The number of anilines is 1. The van der Waals surface area contributed by atoms with Gasteiger partial charge in [0.05, 0.1) is 16.1 Å². The summed E-state index contributed by atoms with van der Waals surface area (Å²) >= 11 is 12.2. The highest BCUT2D eigenvalue weighted by molar-refractivity contribution is 6.42. The molecule has 29 heavy (non-hydrogen) atoms. The molecule has 0 saturated carbocycles. The Kier molecular flexibility index (Phi) is 5.32. The maximum atomic E-state index is 13.0. The van der Waals surface area contributed by atoms with E-state index in [1.54, 1.807) is 23.1 Å². The van der Waals surface area contributed by atoms with Gasteiger partial charge >= 0.3 is 12.2 Å². The minimum absolute atomic E-state index is 0.286. The number of hydrogen-bond donors (Lipinski definition) is 1. The Morgan fingerprint density at radius 3 is 2.41 bits per heavy atom. The van der Waals surface area contributed by atoms with E-state index in [-0.39, 0.29) is 6.04 Å². The molecule has 2 saturated heterocycles. The molecule has 1 spiro atoms. The lowest BCUT2D eigenvalue weighted by molar-refractivity contribution is -0.0139. The fraction of sp³-hybridized carbons (Fsp3) is 0.333. The Morgan fingerprint density at radius 1 is 1.10 bits per heavy atom.